The zero-order chi connectivity index (χ0) is 17.6. The van der Waals surface area contributed by atoms with Crippen molar-refractivity contribution in [3.05, 3.63) is 63.6 Å². The Morgan fingerprint density at radius 2 is 1.88 bits per heavy atom. The molecule has 0 aromatic heterocycles. The number of hydrogen-bond acceptors (Lipinski definition) is 2. The minimum absolute atomic E-state index is 0.0772. The maximum Gasteiger partial charge on any atom is 0.251 e. The van der Waals surface area contributed by atoms with E-state index in [4.69, 9.17) is 4.74 Å². The molecule has 2 aromatic carbocycles. The van der Waals surface area contributed by atoms with Gasteiger partial charge in [0.05, 0.1) is 24.7 Å². The summed E-state index contributed by atoms with van der Waals surface area (Å²) in [5.41, 5.74) is 3.15. The number of methoxy groups -OCH3 is 1. The fraction of sp³-hybridized carbons (Fsp3) is 0.350. The molecule has 1 fully saturated rings. The van der Waals surface area contributed by atoms with Crippen molar-refractivity contribution in [2.24, 2.45) is 0 Å². The highest BCUT2D eigenvalue weighted by atomic mass is 79.9. The van der Waals surface area contributed by atoms with Crippen LogP contribution < -0.4 is 15.0 Å². The molecule has 0 atom stereocenters. The van der Waals surface area contributed by atoms with E-state index in [1.807, 2.05) is 6.07 Å². The molecule has 25 heavy (non-hydrogen) atoms. The summed E-state index contributed by atoms with van der Waals surface area (Å²) < 4.78 is 5.99. The Morgan fingerprint density at radius 3 is 2.56 bits per heavy atom. The van der Waals surface area contributed by atoms with Gasteiger partial charge in [-0.15, -0.1) is 0 Å². The smallest absolute Gasteiger partial charge is 0.251 e. The SMILES string of the molecule is COc1ccc(C(=O)NCc2ccccc2C[NH+]2CCCC2)cc1Br. The number of carbonyl (C=O) groups is 1. The predicted molar refractivity (Wildman–Crippen MR) is 102 cm³/mol. The van der Waals surface area contributed by atoms with Crippen LogP contribution in [-0.2, 0) is 13.1 Å². The summed E-state index contributed by atoms with van der Waals surface area (Å²) in [6, 6.07) is 13.8. The molecule has 1 aliphatic rings. The lowest BCUT2D eigenvalue weighted by molar-refractivity contribution is -0.901. The van der Waals surface area contributed by atoms with Crippen molar-refractivity contribution in [3.8, 4) is 5.75 Å². The molecule has 0 unspecified atom stereocenters. The van der Waals surface area contributed by atoms with Gasteiger partial charge in [-0.3, -0.25) is 4.79 Å². The largest absolute Gasteiger partial charge is 0.496 e. The Balaban J connectivity index is 1.64. The number of carbonyl (C=O) groups excluding carboxylic acids is 1. The molecular formula is C20H24BrN2O2+. The van der Waals surface area contributed by atoms with E-state index in [-0.39, 0.29) is 5.91 Å². The average Bonchev–Trinajstić information content (AvgIpc) is 3.13. The summed E-state index contributed by atoms with van der Waals surface area (Å²) in [7, 11) is 1.61. The van der Waals surface area contributed by atoms with Gasteiger partial charge in [-0.2, -0.15) is 0 Å². The highest BCUT2D eigenvalue weighted by Crippen LogP contribution is 2.25. The van der Waals surface area contributed by atoms with Gasteiger partial charge in [0.15, 0.2) is 0 Å². The van der Waals surface area contributed by atoms with Crippen molar-refractivity contribution < 1.29 is 14.4 Å². The van der Waals surface area contributed by atoms with Crippen LogP contribution in [0.2, 0.25) is 0 Å². The number of ether oxygens (including phenoxy) is 1. The molecule has 2 N–H and O–H groups in total. The van der Waals surface area contributed by atoms with Crippen molar-refractivity contribution in [2.45, 2.75) is 25.9 Å². The molecule has 2 aromatic rings. The molecule has 0 saturated carbocycles. The van der Waals surface area contributed by atoms with Gasteiger partial charge in [0.2, 0.25) is 0 Å². The summed E-state index contributed by atoms with van der Waals surface area (Å²) in [5.74, 6) is 0.641. The van der Waals surface area contributed by atoms with Gasteiger partial charge < -0.3 is 15.0 Å². The summed E-state index contributed by atoms with van der Waals surface area (Å²) in [4.78, 5) is 14.1. The van der Waals surface area contributed by atoms with Crippen LogP contribution in [0.3, 0.4) is 0 Å². The molecule has 1 saturated heterocycles. The zero-order valence-corrected chi connectivity index (χ0v) is 16.1. The summed E-state index contributed by atoms with van der Waals surface area (Å²) in [6.07, 6.45) is 2.64. The summed E-state index contributed by atoms with van der Waals surface area (Å²) >= 11 is 3.42. The van der Waals surface area contributed by atoms with Gasteiger partial charge in [-0.25, -0.2) is 0 Å². The van der Waals surface area contributed by atoms with E-state index in [2.05, 4.69) is 39.4 Å². The molecule has 0 radical (unpaired) electrons. The first-order valence-electron chi connectivity index (χ1n) is 8.69. The Bertz CT molecular complexity index is 742. The Morgan fingerprint density at radius 1 is 1.16 bits per heavy atom. The second kappa shape index (κ2) is 8.50. The first-order chi connectivity index (χ1) is 12.2. The topological polar surface area (TPSA) is 42.8 Å². The molecule has 132 valence electrons. The third-order valence-corrected chi connectivity index (χ3v) is 5.34. The highest BCUT2D eigenvalue weighted by molar-refractivity contribution is 9.10. The lowest BCUT2D eigenvalue weighted by Crippen LogP contribution is -3.08. The minimum atomic E-state index is -0.0772. The van der Waals surface area contributed by atoms with E-state index < -0.39 is 0 Å². The Kier molecular flexibility index (Phi) is 6.10. The highest BCUT2D eigenvalue weighted by Gasteiger charge is 2.17. The maximum atomic E-state index is 12.4. The van der Waals surface area contributed by atoms with E-state index >= 15 is 0 Å². The average molecular weight is 404 g/mol. The number of halogens is 1. The number of quaternary nitrogens is 1. The summed E-state index contributed by atoms with van der Waals surface area (Å²) in [6.45, 7) is 4.09. The van der Waals surface area contributed by atoms with Crippen LogP contribution in [0, 0.1) is 0 Å². The van der Waals surface area contributed by atoms with E-state index in [0.717, 1.165) is 16.8 Å². The van der Waals surface area contributed by atoms with Crippen LogP contribution in [-0.4, -0.2) is 26.1 Å². The van der Waals surface area contributed by atoms with Gasteiger partial charge in [0.25, 0.3) is 5.91 Å². The first kappa shape index (κ1) is 18.0. The zero-order valence-electron chi connectivity index (χ0n) is 14.5. The summed E-state index contributed by atoms with van der Waals surface area (Å²) in [5, 5.41) is 3.04. The van der Waals surface area contributed by atoms with Gasteiger partial charge in [0.1, 0.15) is 12.3 Å². The molecule has 3 rings (SSSR count). The molecule has 5 heteroatoms. The lowest BCUT2D eigenvalue weighted by Gasteiger charge is -2.15. The third kappa shape index (κ3) is 4.61. The number of rotatable bonds is 6. The lowest BCUT2D eigenvalue weighted by atomic mass is 10.1. The number of likely N-dealkylation sites (tertiary alicyclic amines) is 1. The monoisotopic (exact) mass is 403 g/mol. The van der Waals surface area contributed by atoms with Crippen LogP contribution in [0.1, 0.15) is 34.3 Å². The van der Waals surface area contributed by atoms with E-state index in [1.54, 1.807) is 30.2 Å². The van der Waals surface area contributed by atoms with Gasteiger partial charge in [0, 0.05) is 30.5 Å². The van der Waals surface area contributed by atoms with Crippen molar-refractivity contribution in [2.75, 3.05) is 20.2 Å². The molecule has 1 heterocycles. The van der Waals surface area contributed by atoms with Crippen LogP contribution >= 0.6 is 15.9 Å². The molecule has 1 aliphatic heterocycles. The Labute approximate surface area is 157 Å². The minimum Gasteiger partial charge on any atom is -0.496 e. The standard InChI is InChI=1S/C20H23BrN2O2/c1-25-19-9-8-15(12-18(19)21)20(24)22-13-16-6-2-3-7-17(16)14-23-10-4-5-11-23/h2-3,6-9,12H,4-5,10-11,13-14H2,1H3,(H,22,24)/p+1. The quantitative estimate of drug-likeness (QED) is 0.778. The van der Waals surface area contributed by atoms with Crippen molar-refractivity contribution in [1.29, 1.82) is 0 Å². The number of benzene rings is 2. The normalized spacial score (nSPS) is 14.5. The molecule has 0 bridgehead atoms. The van der Waals surface area contributed by atoms with Crippen molar-refractivity contribution >= 4 is 21.8 Å². The first-order valence-corrected chi connectivity index (χ1v) is 9.49. The molecular weight excluding hydrogens is 380 g/mol. The number of hydrogen-bond donors (Lipinski definition) is 2. The van der Waals surface area contributed by atoms with Gasteiger partial charge in [-0.05, 0) is 39.7 Å². The molecule has 0 aliphatic carbocycles. The number of amides is 1. The predicted octanol–water partition coefficient (Wildman–Crippen LogP) is 2.57. The van der Waals surface area contributed by atoms with Gasteiger partial charge >= 0.3 is 0 Å². The third-order valence-electron chi connectivity index (χ3n) is 4.72. The van der Waals surface area contributed by atoms with E-state index in [1.165, 1.54) is 37.1 Å². The van der Waals surface area contributed by atoms with Crippen LogP contribution in [0.25, 0.3) is 0 Å². The molecule has 4 nitrogen and oxygen atoms in total. The van der Waals surface area contributed by atoms with Gasteiger partial charge in [-0.1, -0.05) is 24.3 Å². The second-order valence-electron chi connectivity index (χ2n) is 6.43. The number of nitrogens with one attached hydrogen (secondary N) is 2. The van der Waals surface area contributed by atoms with Crippen LogP contribution in [0.4, 0.5) is 0 Å². The van der Waals surface area contributed by atoms with E-state index in [9.17, 15) is 4.79 Å². The second-order valence-corrected chi connectivity index (χ2v) is 7.29. The molecule has 0 spiro atoms. The van der Waals surface area contributed by atoms with Crippen molar-refractivity contribution in [1.82, 2.24) is 5.32 Å². The van der Waals surface area contributed by atoms with Crippen LogP contribution in [0.15, 0.2) is 46.9 Å². The fourth-order valence-electron chi connectivity index (χ4n) is 3.31. The fourth-order valence-corrected chi connectivity index (χ4v) is 3.85. The van der Waals surface area contributed by atoms with E-state index in [0.29, 0.717) is 12.1 Å². The van der Waals surface area contributed by atoms with Crippen molar-refractivity contribution in [3.63, 3.8) is 0 Å². The molecule has 1 amide bonds. The van der Waals surface area contributed by atoms with Crippen LogP contribution in [0.5, 0.6) is 5.75 Å². The Hall–Kier alpha value is -1.85. The maximum absolute atomic E-state index is 12.4.